The number of likely N-dealkylation sites (N-methyl/N-ethyl adjacent to an activating group) is 1. The normalized spacial score (nSPS) is 35.0. The third kappa shape index (κ3) is 5.34. The van der Waals surface area contributed by atoms with Gasteiger partial charge in [-0.05, 0) is 112 Å². The van der Waals surface area contributed by atoms with Gasteiger partial charge in [0, 0.05) is 18.4 Å². The number of hydrogen-bond acceptors (Lipinski definition) is 5. The Hall–Kier alpha value is -2.34. The van der Waals surface area contributed by atoms with Gasteiger partial charge in [0.05, 0.1) is 0 Å². The minimum atomic E-state index is -1.13. The number of hydrogen-bond donors (Lipinski definition) is 2. The van der Waals surface area contributed by atoms with Crippen molar-refractivity contribution in [3.63, 3.8) is 0 Å². The van der Waals surface area contributed by atoms with E-state index in [1.165, 1.54) is 11.1 Å². The zero-order valence-electron chi connectivity index (χ0n) is 22.3. The first-order chi connectivity index (χ1) is 17.0. The summed E-state index contributed by atoms with van der Waals surface area (Å²) in [5, 5.41) is 18.1. The van der Waals surface area contributed by atoms with E-state index in [-0.39, 0.29) is 16.9 Å². The smallest absolute Gasteiger partial charge is 0.506 e. The zero-order valence-corrected chi connectivity index (χ0v) is 22.3. The van der Waals surface area contributed by atoms with Crippen LogP contribution in [0.25, 0.3) is 0 Å². The van der Waals surface area contributed by atoms with Gasteiger partial charge in [-0.15, -0.1) is 0 Å². The van der Waals surface area contributed by atoms with Crippen LogP contribution in [0.15, 0.2) is 35.9 Å². The van der Waals surface area contributed by atoms with Crippen LogP contribution in [-0.4, -0.2) is 53.8 Å². The zero-order chi connectivity index (χ0) is 26.1. The largest absolute Gasteiger partial charge is 0.508 e. The lowest BCUT2D eigenvalue weighted by Crippen LogP contribution is -2.51. The fourth-order valence-electron chi connectivity index (χ4n) is 7.84. The third-order valence-corrected chi connectivity index (χ3v) is 9.90. The Bertz CT molecular complexity index is 986. The summed E-state index contributed by atoms with van der Waals surface area (Å²) in [6, 6.07) is 7.37. The third-order valence-electron chi connectivity index (χ3n) is 9.90. The van der Waals surface area contributed by atoms with Crippen molar-refractivity contribution in [2.75, 3.05) is 20.6 Å². The van der Waals surface area contributed by atoms with Crippen LogP contribution < -0.4 is 0 Å². The Kier molecular flexibility index (Phi) is 7.84. The van der Waals surface area contributed by atoms with Gasteiger partial charge in [0.1, 0.15) is 11.9 Å². The second-order valence-corrected chi connectivity index (χ2v) is 12.2. The number of nitrogens with zero attached hydrogens (tertiary/aromatic N) is 1. The molecule has 0 amide bonds. The summed E-state index contributed by atoms with van der Waals surface area (Å²) < 4.78 is 5.27. The molecule has 0 aromatic heterocycles. The maximum Gasteiger partial charge on any atom is 0.506 e. The Labute approximate surface area is 215 Å². The summed E-state index contributed by atoms with van der Waals surface area (Å²) in [5.74, 6) is 2.51. The van der Waals surface area contributed by atoms with E-state index in [2.05, 4.69) is 32.8 Å². The minimum absolute atomic E-state index is 0.00161. The molecule has 0 saturated heterocycles. The van der Waals surface area contributed by atoms with Crippen molar-refractivity contribution in [1.82, 2.24) is 4.90 Å². The van der Waals surface area contributed by atoms with Crippen molar-refractivity contribution >= 4 is 11.9 Å². The summed E-state index contributed by atoms with van der Waals surface area (Å²) in [6.45, 7) is 5.68. The monoisotopic (exact) mass is 497 g/mol. The highest BCUT2D eigenvalue weighted by molar-refractivity contribution is 5.91. The summed E-state index contributed by atoms with van der Waals surface area (Å²) >= 11 is 0. The van der Waals surface area contributed by atoms with E-state index in [0.717, 1.165) is 57.9 Å². The molecule has 0 aliphatic heterocycles. The number of carboxylic acid groups (broad SMARTS) is 1. The number of phenolic OH excluding ortho intramolecular Hbond substituents is 1. The molecule has 6 nitrogen and oxygen atoms in total. The molecule has 3 fully saturated rings. The van der Waals surface area contributed by atoms with E-state index in [9.17, 15) is 9.59 Å². The molecule has 4 aliphatic rings. The molecule has 0 radical (unpaired) electrons. The fraction of sp³-hybridized carbons (Fsp3) is 0.667. The number of carbonyl (C=O) groups is 2. The van der Waals surface area contributed by atoms with Gasteiger partial charge in [-0.1, -0.05) is 31.6 Å². The van der Waals surface area contributed by atoms with Crippen molar-refractivity contribution in [3.8, 4) is 5.75 Å². The SMILES string of the molecule is CN(C)CCc1ccc(O)cc1.C[C@]12CC[C@H]3[C@@H](CCC4=CC(=O)CC[C@@]43C)[C@@H]1CC[C@@H]2OC(=O)O. The predicted molar refractivity (Wildman–Crippen MR) is 140 cm³/mol. The molecule has 6 atom stereocenters. The van der Waals surface area contributed by atoms with Crippen molar-refractivity contribution < 1.29 is 24.5 Å². The van der Waals surface area contributed by atoms with Crippen molar-refractivity contribution in [2.24, 2.45) is 28.6 Å². The molecule has 4 aliphatic carbocycles. The molecule has 6 heteroatoms. The molecule has 2 N–H and O–H groups in total. The lowest BCUT2D eigenvalue weighted by Gasteiger charge is -2.57. The highest BCUT2D eigenvalue weighted by atomic mass is 16.7. The molecule has 0 heterocycles. The molecule has 0 spiro atoms. The van der Waals surface area contributed by atoms with Crippen LogP contribution in [0.1, 0.15) is 70.8 Å². The molecule has 0 unspecified atom stereocenters. The van der Waals surface area contributed by atoms with Gasteiger partial charge in [0.2, 0.25) is 0 Å². The van der Waals surface area contributed by atoms with E-state index in [4.69, 9.17) is 14.9 Å². The minimum Gasteiger partial charge on any atom is -0.508 e. The van der Waals surface area contributed by atoms with Crippen molar-refractivity contribution in [2.45, 2.75) is 77.7 Å². The maximum atomic E-state index is 11.9. The Morgan fingerprint density at radius 1 is 1.03 bits per heavy atom. The number of fused-ring (bicyclic) bond motifs is 5. The van der Waals surface area contributed by atoms with E-state index in [1.54, 1.807) is 12.1 Å². The van der Waals surface area contributed by atoms with E-state index >= 15 is 0 Å². The van der Waals surface area contributed by atoms with Crippen LogP contribution in [0.2, 0.25) is 0 Å². The number of aromatic hydroxyl groups is 1. The van der Waals surface area contributed by atoms with Crippen molar-refractivity contribution in [1.29, 1.82) is 0 Å². The number of ether oxygens (including phenoxy) is 1. The summed E-state index contributed by atoms with van der Waals surface area (Å²) in [4.78, 5) is 25.1. The van der Waals surface area contributed by atoms with Crippen LogP contribution in [0.5, 0.6) is 5.75 Å². The average molecular weight is 498 g/mol. The Balaban J connectivity index is 0.000000214. The first-order valence-corrected chi connectivity index (χ1v) is 13.6. The van der Waals surface area contributed by atoms with Gasteiger partial charge < -0.3 is 19.8 Å². The first-order valence-electron chi connectivity index (χ1n) is 13.6. The fourth-order valence-corrected chi connectivity index (χ4v) is 7.84. The van der Waals surface area contributed by atoms with Crippen LogP contribution >= 0.6 is 0 Å². The number of rotatable bonds is 4. The molecule has 3 saturated carbocycles. The highest BCUT2D eigenvalue weighted by Crippen LogP contribution is 2.65. The molecule has 36 heavy (non-hydrogen) atoms. The van der Waals surface area contributed by atoms with E-state index in [0.29, 0.717) is 35.7 Å². The predicted octanol–water partition coefficient (Wildman–Crippen LogP) is 6.08. The number of benzene rings is 1. The second-order valence-electron chi connectivity index (χ2n) is 12.2. The summed E-state index contributed by atoms with van der Waals surface area (Å²) in [7, 11) is 4.11. The molecule has 1 aromatic rings. The topological polar surface area (TPSA) is 87.1 Å². The number of allylic oxidation sites excluding steroid dienone is 1. The standard InChI is InChI=1S/C20H28O4.C10H15NO/c1-19-9-7-13(21)11-12(19)3-4-14-15-5-6-17(24-18(22)23)20(15,2)10-8-16(14)19;1-11(2)8-7-9-3-5-10(12)6-4-9/h11,14-17H,3-10H2,1-2H3,(H,22,23);3-6,12H,7-8H2,1-2H3/t14-,15-,16-,17-,19-,20-;/m0./s1. The van der Waals surface area contributed by atoms with E-state index in [1.807, 2.05) is 18.2 Å². The van der Waals surface area contributed by atoms with Gasteiger partial charge in [0.15, 0.2) is 5.78 Å². The number of carbonyl (C=O) groups excluding carboxylic acids is 1. The average Bonchev–Trinajstić information content (AvgIpc) is 3.15. The van der Waals surface area contributed by atoms with Gasteiger partial charge in [-0.2, -0.15) is 0 Å². The maximum absolute atomic E-state index is 11.9. The number of phenols is 1. The van der Waals surface area contributed by atoms with Gasteiger partial charge in [0.25, 0.3) is 0 Å². The summed E-state index contributed by atoms with van der Waals surface area (Å²) in [5.41, 5.74) is 2.84. The summed E-state index contributed by atoms with van der Waals surface area (Å²) in [6.07, 6.45) is 9.73. The molecular formula is C30H43NO5. The van der Waals surface area contributed by atoms with Gasteiger partial charge in [-0.3, -0.25) is 4.79 Å². The Morgan fingerprint density at radius 3 is 2.42 bits per heavy atom. The van der Waals surface area contributed by atoms with Crippen LogP contribution in [0, 0.1) is 28.6 Å². The first kappa shape index (κ1) is 26.7. The lowest BCUT2D eigenvalue weighted by molar-refractivity contribution is -0.118. The highest BCUT2D eigenvalue weighted by Gasteiger charge is 2.60. The van der Waals surface area contributed by atoms with Gasteiger partial charge >= 0.3 is 6.16 Å². The van der Waals surface area contributed by atoms with Crippen LogP contribution in [0.4, 0.5) is 4.79 Å². The second kappa shape index (κ2) is 10.6. The van der Waals surface area contributed by atoms with Crippen LogP contribution in [-0.2, 0) is 16.0 Å². The molecule has 1 aromatic carbocycles. The van der Waals surface area contributed by atoms with Crippen LogP contribution in [0.3, 0.4) is 0 Å². The molecule has 5 rings (SSSR count). The van der Waals surface area contributed by atoms with Crippen molar-refractivity contribution in [3.05, 3.63) is 41.5 Å². The lowest BCUT2D eigenvalue weighted by atomic mass is 9.47. The quantitative estimate of drug-likeness (QED) is 0.491. The van der Waals surface area contributed by atoms with Gasteiger partial charge in [-0.25, -0.2) is 4.79 Å². The molecule has 0 bridgehead atoms. The Morgan fingerprint density at radius 2 is 1.75 bits per heavy atom. The molecular weight excluding hydrogens is 454 g/mol. The molecule has 198 valence electrons. The number of ketones is 1. The van der Waals surface area contributed by atoms with E-state index < -0.39 is 6.16 Å².